The first-order chi connectivity index (χ1) is 15.9. The van der Waals surface area contributed by atoms with E-state index in [0.29, 0.717) is 56.1 Å². The quantitative estimate of drug-likeness (QED) is 0.738. The Balaban J connectivity index is 1.47. The molecular weight excluding hydrogens is 425 g/mol. The molecule has 3 amide bonds. The van der Waals surface area contributed by atoms with Crippen molar-refractivity contribution >= 4 is 29.1 Å². The fraction of sp³-hybridized carbons (Fsp3) is 0.375. The van der Waals surface area contributed by atoms with E-state index in [2.05, 4.69) is 15.5 Å². The molecule has 2 fully saturated rings. The van der Waals surface area contributed by atoms with E-state index >= 15 is 0 Å². The largest absolute Gasteiger partial charge is 0.366 e. The van der Waals surface area contributed by atoms with Crippen molar-refractivity contribution in [1.29, 1.82) is 0 Å². The second kappa shape index (κ2) is 9.99. The summed E-state index contributed by atoms with van der Waals surface area (Å²) >= 11 is 0. The van der Waals surface area contributed by atoms with Crippen molar-refractivity contribution < 1.29 is 18.8 Å². The van der Waals surface area contributed by atoms with Crippen LogP contribution in [-0.2, 0) is 4.79 Å². The van der Waals surface area contributed by atoms with Gasteiger partial charge in [0.05, 0.1) is 11.4 Å². The molecule has 2 N–H and O–H groups in total. The van der Waals surface area contributed by atoms with E-state index in [1.165, 1.54) is 31.2 Å². The monoisotopic (exact) mass is 453 g/mol. The zero-order valence-electron chi connectivity index (χ0n) is 18.6. The standard InChI is InChI=1S/C24H28FN5O3/c1-17(31)27-21-16-19(24(33)29-10-8-26-9-11-29)4-7-22(21)28-12-14-30(15-13-28)23(32)18-2-5-20(25)6-3-18/h2-7,16,26H,8-15H2,1H3,(H,27,31). The SMILES string of the molecule is CC(=O)Nc1cc(C(=O)N2CCNCC2)ccc1N1CCN(C(=O)c2ccc(F)cc2)CC1. The predicted octanol–water partition coefficient (Wildman–Crippen LogP) is 1.79. The highest BCUT2D eigenvalue weighted by Gasteiger charge is 2.25. The van der Waals surface area contributed by atoms with Crippen LogP contribution in [0.3, 0.4) is 0 Å². The third-order valence-corrected chi connectivity index (χ3v) is 5.96. The van der Waals surface area contributed by atoms with Gasteiger partial charge in [-0.3, -0.25) is 14.4 Å². The molecule has 2 aliphatic heterocycles. The molecule has 0 aliphatic carbocycles. The Morgan fingerprint density at radius 3 is 2.03 bits per heavy atom. The van der Waals surface area contributed by atoms with E-state index in [4.69, 9.17) is 0 Å². The molecular formula is C24H28FN5O3. The lowest BCUT2D eigenvalue weighted by molar-refractivity contribution is -0.114. The first kappa shape index (κ1) is 22.7. The van der Waals surface area contributed by atoms with Crippen LogP contribution in [0.1, 0.15) is 27.6 Å². The predicted molar refractivity (Wildman–Crippen MR) is 124 cm³/mol. The van der Waals surface area contributed by atoms with E-state index < -0.39 is 0 Å². The molecule has 174 valence electrons. The van der Waals surface area contributed by atoms with Gasteiger partial charge in [0.2, 0.25) is 5.91 Å². The van der Waals surface area contributed by atoms with Gasteiger partial charge in [-0.05, 0) is 42.5 Å². The van der Waals surface area contributed by atoms with Gasteiger partial charge in [0.15, 0.2) is 0 Å². The molecule has 4 rings (SSSR count). The summed E-state index contributed by atoms with van der Waals surface area (Å²) in [7, 11) is 0. The van der Waals surface area contributed by atoms with E-state index in [0.717, 1.165) is 18.8 Å². The third kappa shape index (κ3) is 5.31. The van der Waals surface area contributed by atoms with Crippen molar-refractivity contribution in [2.45, 2.75) is 6.92 Å². The lowest BCUT2D eigenvalue weighted by Gasteiger charge is -2.37. The van der Waals surface area contributed by atoms with Gasteiger partial charge in [-0.2, -0.15) is 0 Å². The lowest BCUT2D eigenvalue weighted by Crippen LogP contribution is -2.49. The Morgan fingerprint density at radius 1 is 0.818 bits per heavy atom. The average molecular weight is 454 g/mol. The van der Waals surface area contributed by atoms with Crippen LogP contribution < -0.4 is 15.5 Å². The second-order valence-corrected chi connectivity index (χ2v) is 8.24. The summed E-state index contributed by atoms with van der Waals surface area (Å²) in [4.78, 5) is 43.1. The summed E-state index contributed by atoms with van der Waals surface area (Å²) in [6.07, 6.45) is 0. The maximum absolute atomic E-state index is 13.2. The van der Waals surface area contributed by atoms with Crippen molar-refractivity contribution in [2.24, 2.45) is 0 Å². The molecule has 0 unspecified atom stereocenters. The summed E-state index contributed by atoms with van der Waals surface area (Å²) in [6.45, 7) is 6.42. The van der Waals surface area contributed by atoms with Crippen LogP contribution in [0.15, 0.2) is 42.5 Å². The third-order valence-electron chi connectivity index (χ3n) is 5.96. The Bertz CT molecular complexity index is 1030. The van der Waals surface area contributed by atoms with Crippen molar-refractivity contribution in [3.05, 3.63) is 59.4 Å². The zero-order valence-corrected chi connectivity index (χ0v) is 18.6. The van der Waals surface area contributed by atoms with Crippen LogP contribution >= 0.6 is 0 Å². The molecule has 0 bridgehead atoms. The molecule has 2 aromatic rings. The van der Waals surface area contributed by atoms with Gasteiger partial charge in [-0.1, -0.05) is 0 Å². The number of hydrogen-bond acceptors (Lipinski definition) is 5. The van der Waals surface area contributed by atoms with E-state index in [1.807, 2.05) is 11.0 Å². The number of piperazine rings is 2. The molecule has 33 heavy (non-hydrogen) atoms. The van der Waals surface area contributed by atoms with Gasteiger partial charge in [-0.25, -0.2) is 4.39 Å². The lowest BCUT2D eigenvalue weighted by atomic mass is 10.1. The van der Waals surface area contributed by atoms with Gasteiger partial charge in [0.25, 0.3) is 11.8 Å². The molecule has 0 saturated carbocycles. The molecule has 0 radical (unpaired) electrons. The summed E-state index contributed by atoms with van der Waals surface area (Å²) < 4.78 is 13.2. The van der Waals surface area contributed by atoms with Crippen molar-refractivity contribution in [3.63, 3.8) is 0 Å². The zero-order chi connectivity index (χ0) is 23.4. The van der Waals surface area contributed by atoms with Gasteiger partial charge in [0, 0.05) is 70.4 Å². The van der Waals surface area contributed by atoms with Crippen molar-refractivity contribution in [3.8, 4) is 0 Å². The molecule has 2 heterocycles. The number of anilines is 2. The topological polar surface area (TPSA) is 85.0 Å². The summed E-state index contributed by atoms with van der Waals surface area (Å²) in [5.41, 5.74) is 2.40. The van der Waals surface area contributed by atoms with Gasteiger partial charge in [0.1, 0.15) is 5.82 Å². The maximum atomic E-state index is 13.2. The Morgan fingerprint density at radius 2 is 1.39 bits per heavy atom. The molecule has 2 saturated heterocycles. The minimum atomic E-state index is -0.374. The first-order valence-electron chi connectivity index (χ1n) is 11.1. The highest BCUT2D eigenvalue weighted by atomic mass is 19.1. The smallest absolute Gasteiger partial charge is 0.254 e. The minimum absolute atomic E-state index is 0.0515. The van der Waals surface area contributed by atoms with Crippen molar-refractivity contribution in [1.82, 2.24) is 15.1 Å². The van der Waals surface area contributed by atoms with Crippen LogP contribution in [-0.4, -0.2) is 79.9 Å². The van der Waals surface area contributed by atoms with Crippen LogP contribution in [0.2, 0.25) is 0 Å². The number of carbonyl (C=O) groups excluding carboxylic acids is 3. The molecule has 2 aromatic carbocycles. The van der Waals surface area contributed by atoms with Gasteiger partial charge < -0.3 is 25.3 Å². The summed E-state index contributed by atoms with van der Waals surface area (Å²) in [6, 6.07) is 10.9. The van der Waals surface area contributed by atoms with Gasteiger partial charge >= 0.3 is 0 Å². The van der Waals surface area contributed by atoms with Crippen LogP contribution in [0, 0.1) is 5.82 Å². The second-order valence-electron chi connectivity index (χ2n) is 8.24. The first-order valence-corrected chi connectivity index (χ1v) is 11.1. The number of benzene rings is 2. The van der Waals surface area contributed by atoms with Crippen molar-refractivity contribution in [2.75, 3.05) is 62.6 Å². The van der Waals surface area contributed by atoms with Crippen LogP contribution in [0.25, 0.3) is 0 Å². The number of hydrogen-bond donors (Lipinski definition) is 2. The van der Waals surface area contributed by atoms with Gasteiger partial charge in [-0.15, -0.1) is 0 Å². The Hall–Kier alpha value is -3.46. The number of amides is 3. The number of carbonyl (C=O) groups is 3. The number of nitrogens with zero attached hydrogens (tertiary/aromatic N) is 3. The minimum Gasteiger partial charge on any atom is -0.366 e. The summed E-state index contributed by atoms with van der Waals surface area (Å²) in [5.74, 6) is -0.771. The van der Waals surface area contributed by atoms with Crippen LogP contribution in [0.5, 0.6) is 0 Å². The Labute approximate surface area is 192 Å². The maximum Gasteiger partial charge on any atom is 0.254 e. The van der Waals surface area contributed by atoms with E-state index in [1.54, 1.807) is 17.0 Å². The molecule has 0 atom stereocenters. The highest BCUT2D eigenvalue weighted by molar-refractivity contribution is 5.99. The van der Waals surface area contributed by atoms with Crippen LogP contribution in [0.4, 0.5) is 15.8 Å². The highest BCUT2D eigenvalue weighted by Crippen LogP contribution is 2.29. The molecule has 0 spiro atoms. The molecule has 0 aromatic heterocycles. The normalized spacial score (nSPS) is 16.5. The number of rotatable bonds is 4. The molecule has 8 nitrogen and oxygen atoms in total. The average Bonchev–Trinajstić information content (AvgIpc) is 2.84. The molecule has 2 aliphatic rings. The Kier molecular flexibility index (Phi) is 6.88. The fourth-order valence-corrected chi connectivity index (χ4v) is 4.21. The summed E-state index contributed by atoms with van der Waals surface area (Å²) in [5, 5.41) is 6.09. The number of nitrogens with one attached hydrogen (secondary N) is 2. The number of halogens is 1. The molecule has 9 heteroatoms. The fourth-order valence-electron chi connectivity index (χ4n) is 4.21. The van der Waals surface area contributed by atoms with E-state index in [9.17, 15) is 18.8 Å². The van der Waals surface area contributed by atoms with E-state index in [-0.39, 0.29) is 23.5 Å².